The van der Waals surface area contributed by atoms with E-state index in [9.17, 15) is 20.0 Å². The minimum Gasteiger partial charge on any atom is -0.507 e. The third-order valence-electron chi connectivity index (χ3n) is 4.56. The Morgan fingerprint density at radius 2 is 2.00 bits per heavy atom. The van der Waals surface area contributed by atoms with Gasteiger partial charge in [-0.3, -0.25) is 15.1 Å². The number of nitro groups is 1. The zero-order valence-corrected chi connectivity index (χ0v) is 16.2. The number of nitro benzene ring substituents is 1. The smallest absolute Gasteiger partial charge is 0.348 e. The molecule has 1 N–H and O–H groups in total. The quantitative estimate of drug-likeness (QED) is 0.487. The lowest BCUT2D eigenvalue weighted by atomic mass is 10.0. The minimum absolute atomic E-state index is 0.00295. The Kier molecular flexibility index (Phi) is 4.94. The molecule has 4 rings (SSSR count). The van der Waals surface area contributed by atoms with Crippen molar-refractivity contribution in [3.63, 3.8) is 0 Å². The third-order valence-corrected chi connectivity index (χ3v) is 5.89. The normalized spacial score (nSPS) is 15.9. The van der Waals surface area contributed by atoms with Gasteiger partial charge in [-0.25, -0.2) is 4.79 Å². The molecule has 2 aromatic carbocycles. The van der Waals surface area contributed by atoms with Crippen LogP contribution in [0.5, 0.6) is 5.75 Å². The maximum absolute atomic E-state index is 12.5. The van der Waals surface area contributed by atoms with Gasteiger partial charge in [0.15, 0.2) is 0 Å². The van der Waals surface area contributed by atoms with Crippen molar-refractivity contribution in [3.8, 4) is 5.75 Å². The number of aromatic hydroxyl groups is 1. The van der Waals surface area contributed by atoms with Crippen molar-refractivity contribution >= 4 is 28.8 Å². The molecule has 2 heterocycles. The van der Waals surface area contributed by atoms with Gasteiger partial charge in [0, 0.05) is 34.8 Å². The molecule has 0 aliphatic carbocycles. The molecule has 0 saturated heterocycles. The molecule has 0 fully saturated rings. The molecule has 1 aliphatic rings. The van der Waals surface area contributed by atoms with Crippen molar-refractivity contribution < 1.29 is 14.4 Å². The number of hydrogen-bond acceptors (Lipinski definition) is 7. The summed E-state index contributed by atoms with van der Waals surface area (Å²) in [6.07, 6.45) is 0.294. The maximum atomic E-state index is 12.5. The van der Waals surface area contributed by atoms with E-state index in [-0.39, 0.29) is 22.3 Å². The lowest BCUT2D eigenvalue weighted by Crippen LogP contribution is -2.17. The molecule has 0 bridgehead atoms. The molecule has 29 heavy (non-hydrogen) atoms. The number of rotatable bonds is 3. The van der Waals surface area contributed by atoms with Gasteiger partial charge >= 0.3 is 5.63 Å². The third kappa shape index (κ3) is 3.79. The Morgan fingerprint density at radius 3 is 2.76 bits per heavy atom. The minimum atomic E-state index is -0.663. The summed E-state index contributed by atoms with van der Waals surface area (Å²) in [5, 5.41) is 21.4. The summed E-state index contributed by atoms with van der Waals surface area (Å²) in [7, 11) is 0. The van der Waals surface area contributed by atoms with Crippen LogP contribution in [-0.2, 0) is 0 Å². The van der Waals surface area contributed by atoms with Crippen LogP contribution < -0.4 is 5.63 Å². The van der Waals surface area contributed by atoms with E-state index in [1.165, 1.54) is 30.0 Å². The van der Waals surface area contributed by atoms with Crippen LogP contribution in [0.25, 0.3) is 0 Å². The molecule has 1 aromatic heterocycles. The number of hydrogen-bond donors (Lipinski definition) is 1. The van der Waals surface area contributed by atoms with Crippen molar-refractivity contribution in [1.82, 2.24) is 0 Å². The van der Waals surface area contributed by atoms with Crippen molar-refractivity contribution in [3.05, 3.63) is 92.0 Å². The molecule has 1 atom stereocenters. The Morgan fingerprint density at radius 1 is 1.21 bits per heavy atom. The Hall–Kier alpha value is -3.39. The van der Waals surface area contributed by atoms with Gasteiger partial charge in [-0.1, -0.05) is 24.3 Å². The second kappa shape index (κ2) is 7.56. The maximum Gasteiger partial charge on any atom is 0.348 e. The molecule has 8 heteroatoms. The highest BCUT2D eigenvalue weighted by molar-refractivity contribution is 7.99. The molecular weight excluding hydrogens is 392 g/mol. The standard InChI is InChI=1S/C21H16N2O5S/c1-12-9-17(24)20(21(25)28-12)16-11-19(13-5-4-6-14(10-13)23(26)27)29-18-8-3-2-7-15(18)22-16/h2-10,19,24H,11H2,1H3/t19-/m0/s1. The topological polar surface area (TPSA) is 106 Å². The second-order valence-corrected chi connectivity index (χ2v) is 7.84. The highest BCUT2D eigenvalue weighted by atomic mass is 32.2. The summed E-state index contributed by atoms with van der Waals surface area (Å²) in [6, 6.07) is 15.3. The molecule has 3 aromatic rings. The van der Waals surface area contributed by atoms with Crippen molar-refractivity contribution in [1.29, 1.82) is 0 Å². The van der Waals surface area contributed by atoms with Gasteiger partial charge in [0.1, 0.15) is 17.1 Å². The van der Waals surface area contributed by atoms with Crippen LogP contribution in [0.2, 0.25) is 0 Å². The van der Waals surface area contributed by atoms with Gasteiger partial charge in [-0.05, 0) is 24.6 Å². The van der Waals surface area contributed by atoms with Crippen LogP contribution in [0.4, 0.5) is 11.4 Å². The van der Waals surface area contributed by atoms with E-state index in [2.05, 4.69) is 4.99 Å². The molecule has 0 radical (unpaired) electrons. The fraction of sp³-hybridized carbons (Fsp3) is 0.143. The van der Waals surface area contributed by atoms with Crippen molar-refractivity contribution in [2.24, 2.45) is 4.99 Å². The van der Waals surface area contributed by atoms with E-state index in [4.69, 9.17) is 4.42 Å². The molecule has 0 unspecified atom stereocenters. The lowest BCUT2D eigenvalue weighted by molar-refractivity contribution is -0.384. The summed E-state index contributed by atoms with van der Waals surface area (Å²) < 4.78 is 5.17. The summed E-state index contributed by atoms with van der Waals surface area (Å²) in [4.78, 5) is 28.7. The summed E-state index contributed by atoms with van der Waals surface area (Å²) in [5.74, 6) is 0.107. The van der Waals surface area contributed by atoms with Crippen LogP contribution in [0.1, 0.15) is 28.6 Å². The van der Waals surface area contributed by atoms with Gasteiger partial charge in [-0.2, -0.15) is 0 Å². The number of para-hydroxylation sites is 1. The highest BCUT2D eigenvalue weighted by Crippen LogP contribution is 2.46. The lowest BCUT2D eigenvalue weighted by Gasteiger charge is -2.16. The first-order valence-electron chi connectivity index (χ1n) is 8.84. The Bertz CT molecular complexity index is 1200. The predicted octanol–water partition coefficient (Wildman–Crippen LogP) is 4.92. The van der Waals surface area contributed by atoms with Gasteiger partial charge in [0.25, 0.3) is 5.69 Å². The second-order valence-electron chi connectivity index (χ2n) is 6.59. The molecular formula is C21H16N2O5S. The number of benzene rings is 2. The van der Waals surface area contributed by atoms with Gasteiger partial charge in [0.05, 0.1) is 16.3 Å². The molecule has 7 nitrogen and oxygen atoms in total. The summed E-state index contributed by atoms with van der Waals surface area (Å²) in [6.45, 7) is 1.58. The van der Waals surface area contributed by atoms with E-state index < -0.39 is 10.5 Å². The van der Waals surface area contributed by atoms with Crippen molar-refractivity contribution in [2.75, 3.05) is 0 Å². The predicted molar refractivity (Wildman–Crippen MR) is 110 cm³/mol. The Balaban J connectivity index is 1.86. The number of aliphatic imine (C=N–C) groups is 1. The Labute approximate surface area is 169 Å². The average molecular weight is 408 g/mol. The van der Waals surface area contributed by atoms with E-state index in [1.807, 2.05) is 30.3 Å². The number of aryl methyl sites for hydroxylation is 1. The molecule has 1 aliphatic heterocycles. The molecule has 0 amide bonds. The number of thioether (sulfide) groups is 1. The number of fused-ring (bicyclic) bond motifs is 1. The fourth-order valence-corrected chi connectivity index (χ4v) is 4.48. The monoisotopic (exact) mass is 408 g/mol. The van der Waals surface area contributed by atoms with Crippen LogP contribution >= 0.6 is 11.8 Å². The first-order valence-corrected chi connectivity index (χ1v) is 9.72. The zero-order valence-electron chi connectivity index (χ0n) is 15.4. The number of non-ortho nitro benzene ring substituents is 1. The van der Waals surface area contributed by atoms with E-state index in [0.29, 0.717) is 23.6 Å². The molecule has 0 saturated carbocycles. The van der Waals surface area contributed by atoms with Gasteiger partial charge in [-0.15, -0.1) is 11.8 Å². The van der Waals surface area contributed by atoms with E-state index in [1.54, 1.807) is 13.0 Å². The number of nitrogens with zero attached hydrogens (tertiary/aromatic N) is 2. The van der Waals surface area contributed by atoms with E-state index in [0.717, 1.165) is 10.5 Å². The highest BCUT2D eigenvalue weighted by Gasteiger charge is 2.27. The van der Waals surface area contributed by atoms with E-state index >= 15 is 0 Å². The average Bonchev–Trinajstić information content (AvgIpc) is 2.87. The zero-order chi connectivity index (χ0) is 20.5. The fourth-order valence-electron chi connectivity index (χ4n) is 3.25. The van der Waals surface area contributed by atoms with Crippen molar-refractivity contribution in [2.45, 2.75) is 23.5 Å². The summed E-state index contributed by atoms with van der Waals surface area (Å²) in [5.41, 5.74) is 1.14. The molecule has 0 spiro atoms. The van der Waals surface area contributed by atoms with Crippen LogP contribution in [0, 0.1) is 17.0 Å². The first-order chi connectivity index (χ1) is 13.9. The van der Waals surface area contributed by atoms with Crippen LogP contribution in [-0.4, -0.2) is 15.7 Å². The first kappa shape index (κ1) is 18.9. The SMILES string of the molecule is Cc1cc(O)c(C2=Nc3ccccc3S[C@H](c3cccc([N+](=O)[O-])c3)C2)c(=O)o1. The van der Waals surface area contributed by atoms with Gasteiger partial charge < -0.3 is 9.52 Å². The summed E-state index contributed by atoms with van der Waals surface area (Å²) >= 11 is 1.51. The largest absolute Gasteiger partial charge is 0.507 e. The molecule has 146 valence electrons. The van der Waals surface area contributed by atoms with Crippen LogP contribution in [0.15, 0.2) is 73.7 Å². The van der Waals surface area contributed by atoms with Gasteiger partial charge in [0.2, 0.25) is 0 Å². The van der Waals surface area contributed by atoms with Crippen LogP contribution in [0.3, 0.4) is 0 Å².